The molecular weight excluding hydrogens is 255 g/mol. The summed E-state index contributed by atoms with van der Waals surface area (Å²) in [5.74, 6) is -4.19. The zero-order valence-corrected chi connectivity index (χ0v) is 9.00. The summed E-state index contributed by atoms with van der Waals surface area (Å²) in [4.78, 5) is 21.4. The van der Waals surface area contributed by atoms with E-state index in [0.29, 0.717) is 0 Å². The molecule has 0 atom stereocenters. The van der Waals surface area contributed by atoms with Gasteiger partial charge in [-0.2, -0.15) is 13.2 Å². The van der Waals surface area contributed by atoms with Crippen molar-refractivity contribution in [2.24, 2.45) is 0 Å². The first kappa shape index (κ1) is 13.8. The summed E-state index contributed by atoms with van der Waals surface area (Å²) in [7, 11) is 0. The molecule has 0 radical (unpaired) electrons. The van der Waals surface area contributed by atoms with Gasteiger partial charge in [-0.25, -0.2) is 4.79 Å². The Kier molecular flexibility index (Phi) is 3.49. The third-order valence-corrected chi connectivity index (χ3v) is 2.13. The van der Waals surface area contributed by atoms with Crippen LogP contribution in [-0.2, 0) is 4.79 Å². The number of carboxylic acid groups (broad SMARTS) is 1. The zero-order valence-electron chi connectivity index (χ0n) is 9.00. The third kappa shape index (κ3) is 2.90. The lowest BCUT2D eigenvalue weighted by atomic mass is 10.1. The van der Waals surface area contributed by atoms with Crippen molar-refractivity contribution in [3.8, 4) is 5.75 Å². The maximum absolute atomic E-state index is 12.0. The summed E-state index contributed by atoms with van der Waals surface area (Å²) >= 11 is 0. The zero-order chi connectivity index (χ0) is 14.1. The molecule has 0 aliphatic heterocycles. The van der Waals surface area contributed by atoms with E-state index in [1.807, 2.05) is 0 Å². The number of aromatic carboxylic acids is 1. The van der Waals surface area contributed by atoms with Crippen LogP contribution in [0.15, 0.2) is 12.1 Å². The number of hydrogen-bond acceptors (Lipinski definition) is 3. The van der Waals surface area contributed by atoms with Crippen LogP contribution in [0.25, 0.3) is 0 Å². The number of carbonyl (C=O) groups is 2. The second-order valence-corrected chi connectivity index (χ2v) is 3.42. The summed E-state index contributed by atoms with van der Waals surface area (Å²) in [6, 6.07) is 1.67. The standard InChI is InChI=1S/C10H8F3NO4/c1-4-6(8(16)17)2-5(3-7(4)15)14-9(18)10(11,12)13/h2-3,15H,1H3,(H,14,18)(H,16,17). The predicted octanol–water partition coefficient (Wildman–Crippen LogP) is 1.90. The maximum atomic E-state index is 12.0. The average Bonchev–Trinajstić information content (AvgIpc) is 2.21. The Morgan fingerprint density at radius 2 is 1.83 bits per heavy atom. The van der Waals surface area contributed by atoms with Gasteiger partial charge in [0.15, 0.2) is 0 Å². The summed E-state index contributed by atoms with van der Waals surface area (Å²) in [5.41, 5.74) is -0.849. The summed E-state index contributed by atoms with van der Waals surface area (Å²) in [6.07, 6.45) is -5.09. The molecule has 1 aromatic rings. The van der Waals surface area contributed by atoms with Gasteiger partial charge < -0.3 is 15.5 Å². The molecule has 0 unspecified atom stereocenters. The smallest absolute Gasteiger partial charge is 0.471 e. The van der Waals surface area contributed by atoms with Gasteiger partial charge in [0, 0.05) is 17.3 Å². The van der Waals surface area contributed by atoms with Gasteiger partial charge in [0.25, 0.3) is 0 Å². The summed E-state index contributed by atoms with van der Waals surface area (Å²) < 4.78 is 35.9. The highest BCUT2D eigenvalue weighted by Crippen LogP contribution is 2.27. The van der Waals surface area contributed by atoms with Crippen LogP contribution in [-0.4, -0.2) is 28.3 Å². The SMILES string of the molecule is Cc1c(O)cc(NC(=O)C(F)(F)F)cc1C(=O)O. The van der Waals surface area contributed by atoms with Crippen molar-refractivity contribution in [2.75, 3.05) is 5.32 Å². The van der Waals surface area contributed by atoms with Crippen molar-refractivity contribution in [2.45, 2.75) is 13.1 Å². The van der Waals surface area contributed by atoms with Crippen LogP contribution >= 0.6 is 0 Å². The van der Waals surface area contributed by atoms with Gasteiger partial charge in [0.2, 0.25) is 0 Å². The first-order chi connectivity index (χ1) is 8.12. The molecule has 0 aliphatic rings. The molecule has 0 bridgehead atoms. The van der Waals surface area contributed by atoms with Crippen LogP contribution in [0.1, 0.15) is 15.9 Å². The highest BCUT2D eigenvalue weighted by atomic mass is 19.4. The molecule has 0 aliphatic carbocycles. The fraction of sp³-hybridized carbons (Fsp3) is 0.200. The lowest BCUT2D eigenvalue weighted by Gasteiger charge is -2.11. The van der Waals surface area contributed by atoms with Crippen LogP contribution in [0.5, 0.6) is 5.75 Å². The van der Waals surface area contributed by atoms with Crippen molar-refractivity contribution in [1.82, 2.24) is 0 Å². The van der Waals surface area contributed by atoms with Gasteiger partial charge in [0.1, 0.15) is 5.75 Å². The highest BCUT2D eigenvalue weighted by Gasteiger charge is 2.38. The number of rotatable bonds is 2. The molecule has 3 N–H and O–H groups in total. The number of carbonyl (C=O) groups excluding carboxylic acids is 1. The quantitative estimate of drug-likeness (QED) is 0.760. The largest absolute Gasteiger partial charge is 0.508 e. The van der Waals surface area contributed by atoms with Crippen LogP contribution in [0.3, 0.4) is 0 Å². The van der Waals surface area contributed by atoms with Crippen molar-refractivity contribution in [1.29, 1.82) is 0 Å². The van der Waals surface area contributed by atoms with Crippen LogP contribution in [0.4, 0.5) is 18.9 Å². The molecule has 8 heteroatoms. The van der Waals surface area contributed by atoms with E-state index in [1.54, 1.807) is 0 Å². The average molecular weight is 263 g/mol. The Labute approximate surface area is 98.8 Å². The van der Waals surface area contributed by atoms with Gasteiger partial charge in [-0.3, -0.25) is 4.79 Å². The van der Waals surface area contributed by atoms with Gasteiger partial charge in [0.05, 0.1) is 5.56 Å². The van der Waals surface area contributed by atoms with E-state index in [1.165, 1.54) is 12.2 Å². The van der Waals surface area contributed by atoms with Crippen molar-refractivity contribution in [3.05, 3.63) is 23.3 Å². The number of carboxylic acids is 1. The molecule has 1 amide bonds. The number of benzene rings is 1. The first-order valence-electron chi connectivity index (χ1n) is 4.58. The number of hydrogen-bond donors (Lipinski definition) is 3. The molecule has 0 saturated heterocycles. The van der Waals surface area contributed by atoms with Crippen molar-refractivity contribution < 1.29 is 33.0 Å². The second-order valence-electron chi connectivity index (χ2n) is 3.42. The van der Waals surface area contributed by atoms with Crippen LogP contribution in [0.2, 0.25) is 0 Å². The first-order valence-corrected chi connectivity index (χ1v) is 4.58. The topological polar surface area (TPSA) is 86.6 Å². The third-order valence-electron chi connectivity index (χ3n) is 2.13. The van der Waals surface area contributed by atoms with Gasteiger partial charge in [-0.05, 0) is 13.0 Å². The number of phenols is 1. The van der Waals surface area contributed by atoms with Crippen molar-refractivity contribution >= 4 is 17.6 Å². The number of aromatic hydroxyl groups is 1. The molecule has 98 valence electrons. The Morgan fingerprint density at radius 1 is 1.28 bits per heavy atom. The van der Waals surface area contributed by atoms with E-state index < -0.39 is 35.1 Å². The maximum Gasteiger partial charge on any atom is 0.471 e. The molecule has 0 spiro atoms. The van der Waals surface area contributed by atoms with Crippen LogP contribution < -0.4 is 5.32 Å². The highest BCUT2D eigenvalue weighted by molar-refractivity contribution is 5.97. The van der Waals surface area contributed by atoms with Gasteiger partial charge in [-0.15, -0.1) is 0 Å². The van der Waals surface area contributed by atoms with E-state index in [-0.39, 0.29) is 5.56 Å². The summed E-state index contributed by atoms with van der Waals surface area (Å²) in [5, 5.41) is 19.6. The molecular formula is C10H8F3NO4. The number of alkyl halides is 3. The van der Waals surface area contributed by atoms with Crippen LogP contribution in [0, 0.1) is 6.92 Å². The molecule has 1 rings (SSSR count). The molecule has 0 saturated carbocycles. The number of anilines is 1. The predicted molar refractivity (Wildman–Crippen MR) is 54.5 cm³/mol. The number of amides is 1. The molecule has 5 nitrogen and oxygen atoms in total. The second kappa shape index (κ2) is 4.55. The fourth-order valence-electron chi connectivity index (χ4n) is 1.20. The molecule has 0 fully saturated rings. The van der Waals surface area contributed by atoms with E-state index in [2.05, 4.69) is 0 Å². The molecule has 0 aromatic heterocycles. The number of phenolic OH excluding ortho intramolecular Hbond substituents is 1. The van der Waals surface area contributed by atoms with E-state index in [4.69, 9.17) is 5.11 Å². The Balaban J connectivity index is 3.13. The number of halogens is 3. The van der Waals surface area contributed by atoms with E-state index in [0.717, 1.165) is 12.1 Å². The Bertz CT molecular complexity index is 511. The van der Waals surface area contributed by atoms with E-state index in [9.17, 15) is 27.9 Å². The molecule has 18 heavy (non-hydrogen) atoms. The minimum atomic E-state index is -5.09. The lowest BCUT2D eigenvalue weighted by Crippen LogP contribution is -2.30. The Morgan fingerprint density at radius 3 is 2.28 bits per heavy atom. The number of nitrogens with one attached hydrogen (secondary N) is 1. The van der Waals surface area contributed by atoms with E-state index >= 15 is 0 Å². The van der Waals surface area contributed by atoms with Gasteiger partial charge in [-0.1, -0.05) is 0 Å². The minimum Gasteiger partial charge on any atom is -0.508 e. The fourth-order valence-corrected chi connectivity index (χ4v) is 1.20. The summed E-state index contributed by atoms with van der Waals surface area (Å²) in [6.45, 7) is 1.29. The molecule has 0 heterocycles. The minimum absolute atomic E-state index is 0.00694. The Hall–Kier alpha value is -2.25. The van der Waals surface area contributed by atoms with Gasteiger partial charge >= 0.3 is 18.1 Å². The monoisotopic (exact) mass is 263 g/mol. The normalized spacial score (nSPS) is 11.1. The molecule has 1 aromatic carbocycles. The lowest BCUT2D eigenvalue weighted by molar-refractivity contribution is -0.167. The van der Waals surface area contributed by atoms with Crippen molar-refractivity contribution in [3.63, 3.8) is 0 Å².